The molecule has 0 radical (unpaired) electrons. The first-order valence-electron chi connectivity index (χ1n) is 5.65. The van der Waals surface area contributed by atoms with Crippen LogP contribution in [0.4, 0.5) is 0 Å². The molecule has 0 saturated carbocycles. The molecule has 0 amide bonds. The summed E-state index contributed by atoms with van der Waals surface area (Å²) in [5, 5.41) is 10.7. The summed E-state index contributed by atoms with van der Waals surface area (Å²) in [5.41, 5.74) is 0. The highest BCUT2D eigenvalue weighted by atomic mass is 16.5. The molecule has 1 aromatic carbocycles. The predicted octanol–water partition coefficient (Wildman–Crippen LogP) is 1.39. The summed E-state index contributed by atoms with van der Waals surface area (Å²) in [6.45, 7) is 1.59. The van der Waals surface area contributed by atoms with Gasteiger partial charge in [-0.3, -0.25) is 4.79 Å². The number of carboxylic acid groups (broad SMARTS) is 1. The first kappa shape index (κ1) is 17.1. The number of carbonyl (C=O) groups is 1. The average molecular weight is 271 g/mol. The Labute approximate surface area is 113 Å². The molecule has 0 heterocycles. The number of likely N-dealkylation sites (N-methyl/N-ethyl adjacent to an activating group) is 1. The van der Waals surface area contributed by atoms with Crippen LogP contribution in [0.15, 0.2) is 18.2 Å². The van der Waals surface area contributed by atoms with Crippen molar-refractivity contribution in [1.82, 2.24) is 5.32 Å². The molecule has 1 rings (SSSR count). The van der Waals surface area contributed by atoms with E-state index in [1.807, 2.05) is 0 Å². The molecule has 1 unspecified atom stereocenters. The number of hydrogen-bond acceptors (Lipinski definition) is 5. The SMILES string of the molecule is CNC(C)C(=O)O.COc1cc(OC)cc(OC)c1. The van der Waals surface area contributed by atoms with Gasteiger partial charge in [0.25, 0.3) is 0 Å². The summed E-state index contributed by atoms with van der Waals surface area (Å²) >= 11 is 0. The number of methoxy groups -OCH3 is 3. The van der Waals surface area contributed by atoms with E-state index in [9.17, 15) is 4.79 Å². The zero-order valence-corrected chi connectivity index (χ0v) is 11.9. The maximum Gasteiger partial charge on any atom is 0.320 e. The molecule has 0 aromatic heterocycles. The van der Waals surface area contributed by atoms with Crippen molar-refractivity contribution in [1.29, 1.82) is 0 Å². The van der Waals surface area contributed by atoms with Crippen molar-refractivity contribution < 1.29 is 24.1 Å². The molecule has 1 aromatic rings. The minimum absolute atomic E-state index is 0.431. The molecular weight excluding hydrogens is 250 g/mol. The molecule has 0 spiro atoms. The molecule has 6 heteroatoms. The fourth-order valence-electron chi connectivity index (χ4n) is 1.02. The van der Waals surface area contributed by atoms with E-state index in [1.165, 1.54) is 0 Å². The van der Waals surface area contributed by atoms with Crippen LogP contribution in [0.2, 0.25) is 0 Å². The van der Waals surface area contributed by atoms with Crippen LogP contribution in [0.1, 0.15) is 6.92 Å². The summed E-state index contributed by atoms with van der Waals surface area (Å²) in [6.07, 6.45) is 0. The first-order valence-corrected chi connectivity index (χ1v) is 5.65. The van der Waals surface area contributed by atoms with Gasteiger partial charge in [-0.25, -0.2) is 0 Å². The summed E-state index contributed by atoms with van der Waals surface area (Å²) in [4.78, 5) is 9.87. The van der Waals surface area contributed by atoms with Gasteiger partial charge in [-0.2, -0.15) is 0 Å². The smallest absolute Gasteiger partial charge is 0.320 e. The van der Waals surface area contributed by atoms with Crippen molar-refractivity contribution >= 4 is 5.97 Å². The van der Waals surface area contributed by atoms with Gasteiger partial charge in [0.2, 0.25) is 0 Å². The van der Waals surface area contributed by atoms with Crippen LogP contribution in [0.25, 0.3) is 0 Å². The Balaban J connectivity index is 0.000000399. The maximum absolute atomic E-state index is 9.87. The van der Waals surface area contributed by atoms with Crippen molar-refractivity contribution in [2.24, 2.45) is 0 Å². The molecule has 0 aliphatic carbocycles. The van der Waals surface area contributed by atoms with Crippen LogP contribution >= 0.6 is 0 Å². The minimum atomic E-state index is -0.817. The lowest BCUT2D eigenvalue weighted by atomic mass is 10.3. The second kappa shape index (κ2) is 9.04. The summed E-state index contributed by atoms with van der Waals surface area (Å²) in [7, 11) is 6.43. The molecule has 0 bridgehead atoms. The summed E-state index contributed by atoms with van der Waals surface area (Å²) in [5.74, 6) is 1.37. The molecule has 2 N–H and O–H groups in total. The Morgan fingerprint density at radius 2 is 1.37 bits per heavy atom. The second-order valence-electron chi connectivity index (χ2n) is 3.60. The van der Waals surface area contributed by atoms with E-state index in [-0.39, 0.29) is 0 Å². The number of ether oxygens (including phenoxy) is 3. The number of rotatable bonds is 5. The molecule has 6 nitrogen and oxygen atoms in total. The third-order valence-corrected chi connectivity index (χ3v) is 2.36. The molecule has 0 aliphatic rings. The monoisotopic (exact) mass is 271 g/mol. The largest absolute Gasteiger partial charge is 0.496 e. The van der Waals surface area contributed by atoms with E-state index in [0.29, 0.717) is 0 Å². The van der Waals surface area contributed by atoms with Crippen LogP contribution in [0.5, 0.6) is 17.2 Å². The van der Waals surface area contributed by atoms with Crippen molar-refractivity contribution in [2.45, 2.75) is 13.0 Å². The highest BCUT2D eigenvalue weighted by molar-refractivity contribution is 5.72. The first-order chi connectivity index (χ1) is 8.98. The van der Waals surface area contributed by atoms with E-state index in [1.54, 1.807) is 53.5 Å². The topological polar surface area (TPSA) is 77.0 Å². The van der Waals surface area contributed by atoms with Crippen LogP contribution in [-0.4, -0.2) is 45.5 Å². The standard InChI is InChI=1S/C9H12O3.C4H9NO2/c1-10-7-4-8(11-2)6-9(5-7)12-3;1-3(5-2)4(6)7/h4-6H,1-3H3;3,5H,1-2H3,(H,6,7). The van der Waals surface area contributed by atoms with E-state index in [4.69, 9.17) is 19.3 Å². The van der Waals surface area contributed by atoms with Gasteiger partial charge < -0.3 is 24.6 Å². The van der Waals surface area contributed by atoms with Crippen molar-refractivity contribution in [3.63, 3.8) is 0 Å². The number of aliphatic carboxylic acids is 1. The predicted molar refractivity (Wildman–Crippen MR) is 72.3 cm³/mol. The molecular formula is C13H21NO5. The highest BCUT2D eigenvalue weighted by Crippen LogP contribution is 2.26. The van der Waals surface area contributed by atoms with Gasteiger partial charge >= 0.3 is 5.97 Å². The Kier molecular flexibility index (Phi) is 8.12. The molecule has 0 saturated heterocycles. The average Bonchev–Trinajstić information content (AvgIpc) is 2.45. The van der Waals surface area contributed by atoms with Crippen LogP contribution in [0.3, 0.4) is 0 Å². The molecule has 0 fully saturated rings. The number of carboxylic acids is 1. The number of hydrogen-bond donors (Lipinski definition) is 2. The lowest BCUT2D eigenvalue weighted by Gasteiger charge is -2.06. The summed E-state index contributed by atoms with van der Waals surface area (Å²) in [6, 6.07) is 4.95. The van der Waals surface area contributed by atoms with E-state index in [2.05, 4.69) is 5.32 Å². The third kappa shape index (κ3) is 6.52. The quantitative estimate of drug-likeness (QED) is 0.842. The zero-order valence-electron chi connectivity index (χ0n) is 11.9. The fourth-order valence-corrected chi connectivity index (χ4v) is 1.02. The van der Waals surface area contributed by atoms with Gasteiger partial charge in [0, 0.05) is 18.2 Å². The minimum Gasteiger partial charge on any atom is -0.496 e. The van der Waals surface area contributed by atoms with Gasteiger partial charge in [0.1, 0.15) is 23.3 Å². The number of benzene rings is 1. The Morgan fingerprint density at radius 1 is 1.05 bits per heavy atom. The van der Waals surface area contributed by atoms with Gasteiger partial charge in [0.15, 0.2) is 0 Å². The Bertz CT molecular complexity index is 339. The summed E-state index contributed by atoms with van der Waals surface area (Å²) < 4.78 is 15.1. The Hall–Kier alpha value is -1.95. The molecule has 0 aliphatic heterocycles. The van der Waals surface area contributed by atoms with E-state index >= 15 is 0 Å². The lowest BCUT2D eigenvalue weighted by Crippen LogP contribution is -2.29. The normalized spacial score (nSPS) is 10.8. The van der Waals surface area contributed by atoms with Gasteiger partial charge in [-0.05, 0) is 14.0 Å². The zero-order chi connectivity index (χ0) is 14.8. The maximum atomic E-state index is 9.87. The molecule has 1 atom stereocenters. The molecule has 19 heavy (non-hydrogen) atoms. The number of nitrogens with one attached hydrogen (secondary N) is 1. The van der Waals surface area contributed by atoms with Crippen LogP contribution in [-0.2, 0) is 4.79 Å². The second-order valence-corrected chi connectivity index (χ2v) is 3.60. The fraction of sp³-hybridized carbons (Fsp3) is 0.462. The van der Waals surface area contributed by atoms with E-state index < -0.39 is 12.0 Å². The van der Waals surface area contributed by atoms with Crippen molar-refractivity contribution in [3.8, 4) is 17.2 Å². The van der Waals surface area contributed by atoms with Gasteiger partial charge in [-0.1, -0.05) is 0 Å². The van der Waals surface area contributed by atoms with Gasteiger partial charge in [-0.15, -0.1) is 0 Å². The Morgan fingerprint density at radius 3 is 1.47 bits per heavy atom. The van der Waals surface area contributed by atoms with Crippen molar-refractivity contribution in [2.75, 3.05) is 28.4 Å². The third-order valence-electron chi connectivity index (χ3n) is 2.36. The van der Waals surface area contributed by atoms with Crippen LogP contribution in [0, 0.1) is 0 Å². The van der Waals surface area contributed by atoms with Crippen molar-refractivity contribution in [3.05, 3.63) is 18.2 Å². The van der Waals surface area contributed by atoms with Gasteiger partial charge in [0.05, 0.1) is 21.3 Å². The van der Waals surface area contributed by atoms with E-state index in [0.717, 1.165) is 17.2 Å². The lowest BCUT2D eigenvalue weighted by molar-refractivity contribution is -0.138. The van der Waals surface area contributed by atoms with Crippen LogP contribution < -0.4 is 19.5 Å². The highest BCUT2D eigenvalue weighted by Gasteiger charge is 2.04. The molecule has 108 valence electrons.